The monoisotopic (exact) mass is 348 g/mol. The van der Waals surface area contributed by atoms with E-state index in [9.17, 15) is 14.9 Å². The molecular weight excluding hydrogens is 340 g/mol. The molecule has 1 amide bonds. The summed E-state index contributed by atoms with van der Waals surface area (Å²) in [6.07, 6.45) is 0.543. The van der Waals surface area contributed by atoms with E-state index >= 15 is 0 Å². The Balaban J connectivity index is 1.97. The van der Waals surface area contributed by atoms with Crippen molar-refractivity contribution in [1.29, 1.82) is 0 Å². The van der Waals surface area contributed by atoms with Crippen LogP contribution < -0.4 is 4.90 Å². The summed E-state index contributed by atoms with van der Waals surface area (Å²) in [4.78, 5) is 23.7. The zero-order chi connectivity index (χ0) is 16.4. The van der Waals surface area contributed by atoms with Gasteiger partial charge in [0.05, 0.1) is 16.3 Å². The molecule has 0 N–H and O–H groups in total. The van der Waals surface area contributed by atoms with Gasteiger partial charge in [-0.2, -0.15) is 0 Å². The molecule has 0 radical (unpaired) electrons. The maximum Gasteiger partial charge on any atom is 0.271 e. The Morgan fingerprint density at radius 3 is 2.78 bits per heavy atom. The topological polar surface area (TPSA) is 115 Å². The molecule has 0 aliphatic rings. The number of anilines is 2. The number of carbonyl (C=O) groups excluding carboxylic acids is 1. The van der Waals surface area contributed by atoms with E-state index in [1.54, 1.807) is 13.0 Å². The standard InChI is InChI=1S/C12H8N6O3S2/c1-7-10(23-16-13-7)11-14-15-12(22-11)17(6-19)8-3-2-4-9(5-8)18(20)21/h2-6H,1H3. The molecule has 0 unspecified atom stereocenters. The van der Waals surface area contributed by atoms with E-state index in [1.807, 2.05) is 0 Å². The number of hydrogen-bond acceptors (Lipinski definition) is 9. The molecule has 0 aliphatic heterocycles. The number of aromatic nitrogens is 4. The van der Waals surface area contributed by atoms with Crippen LogP contribution in [0.2, 0.25) is 0 Å². The summed E-state index contributed by atoms with van der Waals surface area (Å²) in [7, 11) is 0. The van der Waals surface area contributed by atoms with Crippen molar-refractivity contribution in [2.75, 3.05) is 4.90 Å². The van der Waals surface area contributed by atoms with Crippen molar-refractivity contribution in [2.45, 2.75) is 6.92 Å². The predicted octanol–water partition coefficient (Wildman–Crippen LogP) is 2.57. The van der Waals surface area contributed by atoms with Crippen LogP contribution in [-0.2, 0) is 4.79 Å². The molecule has 0 spiro atoms. The first-order chi connectivity index (χ1) is 11.1. The number of amides is 1. The fraction of sp³-hybridized carbons (Fsp3) is 0.0833. The summed E-state index contributed by atoms with van der Waals surface area (Å²) in [5.74, 6) is 0. The average Bonchev–Trinajstić information content (AvgIpc) is 3.17. The largest absolute Gasteiger partial charge is 0.278 e. The lowest BCUT2D eigenvalue weighted by Gasteiger charge is -2.12. The number of nitro groups is 1. The maximum atomic E-state index is 11.4. The minimum absolute atomic E-state index is 0.110. The second kappa shape index (κ2) is 6.14. The van der Waals surface area contributed by atoms with Crippen LogP contribution in [0.3, 0.4) is 0 Å². The van der Waals surface area contributed by atoms with Crippen LogP contribution in [0.5, 0.6) is 0 Å². The predicted molar refractivity (Wildman–Crippen MR) is 84.8 cm³/mol. The second-order valence-corrected chi connectivity index (χ2v) is 6.04. The molecule has 116 valence electrons. The zero-order valence-electron chi connectivity index (χ0n) is 11.6. The van der Waals surface area contributed by atoms with Crippen molar-refractivity contribution in [1.82, 2.24) is 19.8 Å². The third-order valence-electron chi connectivity index (χ3n) is 2.89. The Bertz CT molecular complexity index is 877. The molecule has 2 aromatic heterocycles. The molecule has 11 heteroatoms. The van der Waals surface area contributed by atoms with Gasteiger partial charge in [-0.05, 0) is 24.5 Å². The highest BCUT2D eigenvalue weighted by atomic mass is 32.1. The second-order valence-electron chi connectivity index (χ2n) is 4.33. The van der Waals surface area contributed by atoms with Crippen LogP contribution in [-0.4, -0.2) is 31.1 Å². The van der Waals surface area contributed by atoms with E-state index in [2.05, 4.69) is 19.8 Å². The number of aryl methyl sites for hydroxylation is 1. The number of carbonyl (C=O) groups is 1. The van der Waals surface area contributed by atoms with Gasteiger partial charge in [0.1, 0.15) is 4.88 Å². The molecule has 1 aromatic carbocycles. The molecule has 0 saturated heterocycles. The highest BCUT2D eigenvalue weighted by molar-refractivity contribution is 7.22. The summed E-state index contributed by atoms with van der Waals surface area (Å²) in [6.45, 7) is 1.80. The van der Waals surface area contributed by atoms with Gasteiger partial charge < -0.3 is 0 Å². The van der Waals surface area contributed by atoms with E-state index in [0.717, 1.165) is 10.6 Å². The number of nitrogens with zero attached hydrogens (tertiary/aromatic N) is 6. The van der Waals surface area contributed by atoms with Gasteiger partial charge in [0, 0.05) is 12.1 Å². The Morgan fingerprint density at radius 1 is 1.30 bits per heavy atom. The van der Waals surface area contributed by atoms with Crippen molar-refractivity contribution in [3.8, 4) is 9.88 Å². The quantitative estimate of drug-likeness (QED) is 0.395. The molecule has 0 fully saturated rings. The molecule has 0 saturated carbocycles. The molecule has 0 aliphatic carbocycles. The number of hydrogen-bond donors (Lipinski definition) is 0. The molecule has 2 heterocycles. The third kappa shape index (κ3) is 2.91. The van der Waals surface area contributed by atoms with Crippen molar-refractivity contribution >= 4 is 45.8 Å². The summed E-state index contributed by atoms with van der Waals surface area (Å²) in [5.41, 5.74) is 0.961. The molecule has 3 aromatic rings. The molecule has 23 heavy (non-hydrogen) atoms. The first-order valence-corrected chi connectivity index (χ1v) is 7.81. The van der Waals surface area contributed by atoms with Crippen LogP contribution in [0.1, 0.15) is 5.69 Å². The van der Waals surface area contributed by atoms with E-state index in [-0.39, 0.29) is 5.69 Å². The highest BCUT2D eigenvalue weighted by Gasteiger charge is 2.19. The fourth-order valence-electron chi connectivity index (χ4n) is 1.81. The van der Waals surface area contributed by atoms with E-state index in [1.165, 1.54) is 46.0 Å². The van der Waals surface area contributed by atoms with Crippen molar-refractivity contribution in [3.05, 3.63) is 40.1 Å². The SMILES string of the molecule is Cc1nnsc1-c1nnc(N(C=O)c2cccc([N+](=O)[O-])c2)s1. The lowest BCUT2D eigenvalue weighted by molar-refractivity contribution is -0.384. The van der Waals surface area contributed by atoms with Crippen LogP contribution in [0.25, 0.3) is 9.88 Å². The van der Waals surface area contributed by atoms with Gasteiger partial charge in [-0.1, -0.05) is 21.9 Å². The summed E-state index contributed by atoms with van der Waals surface area (Å²) < 4.78 is 3.83. The zero-order valence-corrected chi connectivity index (χ0v) is 13.2. The van der Waals surface area contributed by atoms with E-state index in [4.69, 9.17) is 0 Å². The number of non-ortho nitro benzene ring substituents is 1. The Hall–Kier alpha value is -2.79. The summed E-state index contributed by atoms with van der Waals surface area (Å²) in [5, 5.41) is 23.7. The van der Waals surface area contributed by atoms with Gasteiger partial charge in [0.2, 0.25) is 11.5 Å². The first kappa shape index (κ1) is 15.1. The van der Waals surface area contributed by atoms with E-state index < -0.39 is 4.92 Å². The fourth-order valence-corrected chi connectivity index (χ4v) is 3.40. The van der Waals surface area contributed by atoms with Crippen molar-refractivity contribution in [2.24, 2.45) is 0 Å². The van der Waals surface area contributed by atoms with Gasteiger partial charge >= 0.3 is 0 Å². The van der Waals surface area contributed by atoms with Gasteiger partial charge in [-0.15, -0.1) is 15.3 Å². The van der Waals surface area contributed by atoms with Gasteiger partial charge in [0.15, 0.2) is 5.01 Å². The van der Waals surface area contributed by atoms with Crippen LogP contribution in [0, 0.1) is 17.0 Å². The summed E-state index contributed by atoms with van der Waals surface area (Å²) in [6, 6.07) is 5.74. The van der Waals surface area contributed by atoms with Crippen LogP contribution in [0.15, 0.2) is 24.3 Å². The van der Waals surface area contributed by atoms with Crippen molar-refractivity contribution in [3.63, 3.8) is 0 Å². The Labute approximate surface area is 137 Å². The Morgan fingerprint density at radius 2 is 2.13 bits per heavy atom. The Kier molecular flexibility index (Phi) is 4.04. The minimum atomic E-state index is -0.523. The molecule has 3 rings (SSSR count). The number of rotatable bonds is 5. The van der Waals surface area contributed by atoms with Gasteiger partial charge in [-0.25, -0.2) is 0 Å². The minimum Gasteiger partial charge on any atom is -0.278 e. The molecular formula is C12H8N6O3S2. The number of benzene rings is 1. The lowest BCUT2D eigenvalue weighted by atomic mass is 10.2. The third-order valence-corrected chi connectivity index (χ3v) is 4.79. The van der Waals surface area contributed by atoms with Crippen LogP contribution in [0.4, 0.5) is 16.5 Å². The van der Waals surface area contributed by atoms with Crippen molar-refractivity contribution < 1.29 is 9.72 Å². The van der Waals surface area contributed by atoms with Gasteiger partial charge in [0.25, 0.3) is 5.69 Å². The molecule has 0 bridgehead atoms. The molecule has 9 nitrogen and oxygen atoms in total. The van der Waals surface area contributed by atoms with E-state index in [0.29, 0.717) is 22.2 Å². The van der Waals surface area contributed by atoms with Crippen LogP contribution >= 0.6 is 22.9 Å². The highest BCUT2D eigenvalue weighted by Crippen LogP contribution is 2.35. The first-order valence-electron chi connectivity index (χ1n) is 6.22. The lowest BCUT2D eigenvalue weighted by Crippen LogP contribution is -2.13. The number of nitro benzene ring substituents is 1. The normalized spacial score (nSPS) is 10.5. The van der Waals surface area contributed by atoms with Gasteiger partial charge in [-0.3, -0.25) is 19.8 Å². The molecule has 0 atom stereocenters. The summed E-state index contributed by atoms with van der Waals surface area (Å²) >= 11 is 2.37. The average molecular weight is 348 g/mol. The smallest absolute Gasteiger partial charge is 0.271 e. The maximum absolute atomic E-state index is 11.4.